The van der Waals surface area contributed by atoms with E-state index in [0.717, 1.165) is 72.6 Å². The highest BCUT2D eigenvalue weighted by Gasteiger charge is 2.19. The average molecular weight is 857 g/mol. The first-order valence-corrected chi connectivity index (χ1v) is 22.4. The minimum absolute atomic E-state index is 0.559. The smallest absolute Gasteiger partial charge is 0.164 e. The summed E-state index contributed by atoms with van der Waals surface area (Å²) < 4.78 is 2.38. The lowest BCUT2D eigenvalue weighted by Gasteiger charge is -2.15. The van der Waals surface area contributed by atoms with Crippen molar-refractivity contribution in [1.82, 2.24) is 29.5 Å². The van der Waals surface area contributed by atoms with E-state index in [0.29, 0.717) is 23.3 Å². The molecule has 0 spiro atoms. The van der Waals surface area contributed by atoms with Crippen molar-refractivity contribution < 1.29 is 0 Å². The molecule has 67 heavy (non-hydrogen) atoms. The number of fused-ring (bicyclic) bond motifs is 3. The summed E-state index contributed by atoms with van der Waals surface area (Å²) in [6.45, 7) is 0. The summed E-state index contributed by atoms with van der Waals surface area (Å²) in [5.74, 6) is 2.40. The Morgan fingerprint density at radius 1 is 0.224 bits per heavy atom. The third kappa shape index (κ3) is 7.73. The number of hydrogen-bond acceptors (Lipinski definition) is 5. The molecular weight excluding hydrogens is 817 g/mol. The zero-order valence-corrected chi connectivity index (χ0v) is 36.3. The molecule has 0 unspecified atom stereocenters. The molecule has 0 saturated carbocycles. The molecule has 6 nitrogen and oxygen atoms in total. The van der Waals surface area contributed by atoms with Crippen LogP contribution in [0.3, 0.4) is 0 Å². The molecule has 0 N–H and O–H groups in total. The van der Waals surface area contributed by atoms with E-state index in [4.69, 9.17) is 24.9 Å². The van der Waals surface area contributed by atoms with Gasteiger partial charge in [0.2, 0.25) is 0 Å². The lowest BCUT2D eigenvalue weighted by Crippen LogP contribution is -2.01. The fourth-order valence-corrected chi connectivity index (χ4v) is 8.96. The molecule has 0 aliphatic heterocycles. The number of benzene rings is 9. The lowest BCUT2D eigenvalue weighted by atomic mass is 9.96. The Labute approximate surface area is 388 Å². The minimum Gasteiger partial charge on any atom is -0.309 e. The molecule has 0 aliphatic carbocycles. The molecule has 0 bridgehead atoms. The van der Waals surface area contributed by atoms with Crippen LogP contribution < -0.4 is 0 Å². The molecule has 0 fully saturated rings. The molecule has 6 heteroatoms. The van der Waals surface area contributed by atoms with Gasteiger partial charge in [0.05, 0.1) is 22.4 Å². The first kappa shape index (κ1) is 39.5. The van der Waals surface area contributed by atoms with Crippen LogP contribution in [0.15, 0.2) is 243 Å². The SMILES string of the molecule is c1ccc(-c2ccc3c(c2)c2ccccc2n3-c2cccc(-c3cc(-c4cc(-c5ccccc5)nc(-c5ccccc5)n4)cc(-c4nc(-c5ccccc5)nc(-c5ccccc5)n4)c3)c2)cc1. The van der Waals surface area contributed by atoms with E-state index in [2.05, 4.69) is 150 Å². The van der Waals surface area contributed by atoms with Crippen LogP contribution in [0.4, 0.5) is 0 Å². The maximum Gasteiger partial charge on any atom is 0.164 e. The Bertz CT molecular complexity index is 3460. The molecular formula is C61H40N6. The van der Waals surface area contributed by atoms with Gasteiger partial charge in [0.1, 0.15) is 0 Å². The second-order valence-corrected chi connectivity index (χ2v) is 16.5. The van der Waals surface area contributed by atoms with E-state index in [9.17, 15) is 0 Å². The largest absolute Gasteiger partial charge is 0.309 e. The van der Waals surface area contributed by atoms with Gasteiger partial charge in [-0.05, 0) is 76.9 Å². The number of aromatic nitrogens is 6. The zero-order valence-electron chi connectivity index (χ0n) is 36.3. The summed E-state index contributed by atoms with van der Waals surface area (Å²) in [4.78, 5) is 25.8. The van der Waals surface area contributed by atoms with Gasteiger partial charge in [-0.25, -0.2) is 24.9 Å². The highest BCUT2D eigenvalue weighted by molar-refractivity contribution is 6.10. The third-order valence-corrected chi connectivity index (χ3v) is 12.2. The summed E-state index contributed by atoms with van der Waals surface area (Å²) in [6, 6.07) is 84.1. The Hall–Kier alpha value is -9.13. The lowest BCUT2D eigenvalue weighted by molar-refractivity contribution is 1.07. The summed E-state index contributed by atoms with van der Waals surface area (Å²) in [5.41, 5.74) is 14.9. The molecule has 0 aliphatic rings. The summed E-state index contributed by atoms with van der Waals surface area (Å²) in [6.07, 6.45) is 0. The molecule has 9 aromatic carbocycles. The van der Waals surface area contributed by atoms with Crippen LogP contribution in [0, 0.1) is 0 Å². The first-order chi connectivity index (χ1) is 33.2. The average Bonchev–Trinajstić information content (AvgIpc) is 3.75. The Balaban J connectivity index is 1.08. The van der Waals surface area contributed by atoms with Crippen molar-refractivity contribution in [1.29, 1.82) is 0 Å². The van der Waals surface area contributed by atoms with Gasteiger partial charge < -0.3 is 4.57 Å². The fourth-order valence-electron chi connectivity index (χ4n) is 8.96. The van der Waals surface area contributed by atoms with Crippen molar-refractivity contribution >= 4 is 21.8 Å². The van der Waals surface area contributed by atoms with Gasteiger partial charge in [-0.3, -0.25) is 0 Å². The standard InChI is InChI=1S/C61H40N6/c1-6-19-41(20-7-1)47-33-34-57-53(39-47)52-31-16-17-32-56(52)67(57)51-30-18-29-46(38-51)48-35-49(55-40-54(42-21-8-2-9-22-42)62-58(63-55)43-23-10-3-11-24-43)37-50(36-48)61-65-59(44-25-12-4-13-26-44)64-60(66-61)45-27-14-5-15-28-45/h1-40H. The predicted octanol–water partition coefficient (Wildman–Crippen LogP) is 15.1. The minimum atomic E-state index is 0.559. The second-order valence-electron chi connectivity index (χ2n) is 16.5. The monoisotopic (exact) mass is 856 g/mol. The summed E-state index contributed by atoms with van der Waals surface area (Å²) >= 11 is 0. The van der Waals surface area contributed by atoms with E-state index in [1.165, 1.54) is 21.9 Å². The Morgan fingerprint density at radius 3 is 1.27 bits per heavy atom. The summed E-state index contributed by atoms with van der Waals surface area (Å²) in [5, 5.41) is 2.41. The Kier molecular flexibility index (Phi) is 10.1. The van der Waals surface area contributed by atoms with Crippen molar-refractivity contribution in [3.63, 3.8) is 0 Å². The predicted molar refractivity (Wildman–Crippen MR) is 273 cm³/mol. The molecule has 0 radical (unpaired) electrons. The maximum absolute atomic E-state index is 5.29. The highest BCUT2D eigenvalue weighted by atomic mass is 15.0. The van der Waals surface area contributed by atoms with E-state index in [1.54, 1.807) is 0 Å². The molecule has 0 atom stereocenters. The topological polar surface area (TPSA) is 69.4 Å². The van der Waals surface area contributed by atoms with Gasteiger partial charge in [-0.1, -0.05) is 188 Å². The van der Waals surface area contributed by atoms with Crippen molar-refractivity contribution in [2.45, 2.75) is 0 Å². The van der Waals surface area contributed by atoms with Crippen LogP contribution in [0.5, 0.6) is 0 Å². The first-order valence-electron chi connectivity index (χ1n) is 22.4. The van der Waals surface area contributed by atoms with Gasteiger partial charge in [-0.2, -0.15) is 0 Å². The second kappa shape index (κ2) is 17.1. The highest BCUT2D eigenvalue weighted by Crippen LogP contribution is 2.38. The maximum atomic E-state index is 5.29. The van der Waals surface area contributed by atoms with Gasteiger partial charge in [0, 0.05) is 49.8 Å². The molecule has 3 heterocycles. The quantitative estimate of drug-likeness (QED) is 0.145. The van der Waals surface area contributed by atoms with Crippen molar-refractivity contribution in [2.75, 3.05) is 0 Å². The van der Waals surface area contributed by atoms with Crippen molar-refractivity contribution in [3.05, 3.63) is 243 Å². The van der Waals surface area contributed by atoms with Gasteiger partial charge in [0.15, 0.2) is 23.3 Å². The van der Waals surface area contributed by atoms with E-state index in [-0.39, 0.29) is 0 Å². The number of hydrogen-bond donors (Lipinski definition) is 0. The normalized spacial score (nSPS) is 11.3. The van der Waals surface area contributed by atoms with Crippen molar-refractivity contribution in [2.24, 2.45) is 0 Å². The van der Waals surface area contributed by atoms with Gasteiger partial charge in [0.25, 0.3) is 0 Å². The number of rotatable bonds is 9. The summed E-state index contributed by atoms with van der Waals surface area (Å²) in [7, 11) is 0. The van der Waals surface area contributed by atoms with Gasteiger partial charge >= 0.3 is 0 Å². The van der Waals surface area contributed by atoms with E-state index in [1.807, 2.05) is 97.1 Å². The van der Waals surface area contributed by atoms with Crippen LogP contribution in [-0.2, 0) is 0 Å². The Morgan fingerprint density at radius 2 is 0.657 bits per heavy atom. The van der Waals surface area contributed by atoms with E-state index < -0.39 is 0 Å². The molecule has 314 valence electrons. The molecule has 0 saturated heterocycles. The van der Waals surface area contributed by atoms with Crippen LogP contribution in [0.2, 0.25) is 0 Å². The molecule has 12 rings (SSSR count). The third-order valence-electron chi connectivity index (χ3n) is 12.2. The van der Waals surface area contributed by atoms with Gasteiger partial charge in [-0.15, -0.1) is 0 Å². The number of nitrogens with zero attached hydrogens (tertiary/aromatic N) is 6. The molecule has 0 amide bonds. The van der Waals surface area contributed by atoms with Crippen LogP contribution in [-0.4, -0.2) is 29.5 Å². The number of para-hydroxylation sites is 1. The molecule has 12 aromatic rings. The zero-order chi connectivity index (χ0) is 44.5. The van der Waals surface area contributed by atoms with Crippen molar-refractivity contribution in [3.8, 4) is 96.0 Å². The fraction of sp³-hybridized carbons (Fsp3) is 0. The molecule has 3 aromatic heterocycles. The van der Waals surface area contributed by atoms with Crippen LogP contribution >= 0.6 is 0 Å². The van der Waals surface area contributed by atoms with E-state index >= 15 is 0 Å². The van der Waals surface area contributed by atoms with Crippen LogP contribution in [0.25, 0.3) is 118 Å². The van der Waals surface area contributed by atoms with Crippen LogP contribution in [0.1, 0.15) is 0 Å².